The van der Waals surface area contributed by atoms with Crippen molar-refractivity contribution in [2.24, 2.45) is 5.92 Å². The second kappa shape index (κ2) is 10.2. The summed E-state index contributed by atoms with van der Waals surface area (Å²) < 4.78 is 5.84. The number of nitriles is 2. The maximum Gasteiger partial charge on any atom is 0.152 e. The molecule has 0 N–H and O–H groups in total. The van der Waals surface area contributed by atoms with Gasteiger partial charge >= 0.3 is 0 Å². The van der Waals surface area contributed by atoms with E-state index in [1.54, 1.807) is 6.20 Å². The molecule has 1 saturated heterocycles. The molecule has 2 heterocycles. The van der Waals surface area contributed by atoms with Crippen molar-refractivity contribution in [3.63, 3.8) is 0 Å². The molecule has 0 unspecified atom stereocenters. The fourth-order valence-corrected chi connectivity index (χ4v) is 2.94. The van der Waals surface area contributed by atoms with Gasteiger partial charge in [-0.3, -0.25) is 4.98 Å². The summed E-state index contributed by atoms with van der Waals surface area (Å²) in [7, 11) is 3.83. The van der Waals surface area contributed by atoms with Crippen LogP contribution in [0.2, 0.25) is 0 Å². The Bertz CT molecular complexity index is 696. The number of allylic oxidation sites excluding steroid dienone is 2. The highest BCUT2D eigenvalue weighted by molar-refractivity contribution is 5.44. The number of pyridine rings is 1. The molecule has 0 saturated carbocycles. The topological polar surface area (TPSA) is 76.2 Å². The van der Waals surface area contributed by atoms with Crippen molar-refractivity contribution in [2.45, 2.75) is 19.4 Å². The van der Waals surface area contributed by atoms with Crippen molar-refractivity contribution < 1.29 is 4.74 Å². The lowest BCUT2D eigenvalue weighted by Gasteiger charge is -2.35. The Morgan fingerprint density at radius 1 is 1.38 bits per heavy atom. The van der Waals surface area contributed by atoms with Gasteiger partial charge in [-0.05, 0) is 37.0 Å². The van der Waals surface area contributed by atoms with Crippen LogP contribution in [0.4, 0.5) is 0 Å². The summed E-state index contributed by atoms with van der Waals surface area (Å²) in [5, 5.41) is 18.6. The van der Waals surface area contributed by atoms with E-state index in [0.29, 0.717) is 24.8 Å². The van der Waals surface area contributed by atoms with Gasteiger partial charge in [-0.25, -0.2) is 0 Å². The van der Waals surface area contributed by atoms with Crippen molar-refractivity contribution in [1.82, 2.24) is 14.8 Å². The molecule has 1 atom stereocenters. The fourth-order valence-electron chi connectivity index (χ4n) is 2.94. The van der Waals surface area contributed by atoms with Gasteiger partial charge in [-0.1, -0.05) is 6.07 Å². The number of piperidine rings is 1. The first-order valence-corrected chi connectivity index (χ1v) is 8.75. The predicted molar refractivity (Wildman–Crippen MR) is 99.3 cm³/mol. The van der Waals surface area contributed by atoms with Gasteiger partial charge in [0.2, 0.25) is 0 Å². The monoisotopic (exact) mass is 351 g/mol. The zero-order valence-electron chi connectivity index (χ0n) is 15.4. The SMILES string of the molecule is CN(C)/C=C/C(=C(C#N)C#N)N1CCC[C@H](COCc2ccccn2)C1. The van der Waals surface area contributed by atoms with Gasteiger partial charge in [0, 0.05) is 39.6 Å². The summed E-state index contributed by atoms with van der Waals surface area (Å²) in [6.45, 7) is 2.77. The van der Waals surface area contributed by atoms with E-state index in [1.807, 2.05) is 61.6 Å². The molecule has 1 fully saturated rings. The second-order valence-electron chi connectivity index (χ2n) is 6.55. The number of likely N-dealkylation sites (tertiary alicyclic amines) is 1. The van der Waals surface area contributed by atoms with Crippen LogP contribution in [0.15, 0.2) is 47.9 Å². The van der Waals surface area contributed by atoms with Crippen LogP contribution in [0.5, 0.6) is 0 Å². The molecule has 1 aromatic heterocycles. The van der Waals surface area contributed by atoms with Gasteiger partial charge in [-0.15, -0.1) is 0 Å². The van der Waals surface area contributed by atoms with E-state index in [-0.39, 0.29) is 5.57 Å². The van der Waals surface area contributed by atoms with E-state index in [0.717, 1.165) is 31.6 Å². The third-order valence-electron chi connectivity index (χ3n) is 4.20. The molecule has 0 aliphatic carbocycles. The lowest BCUT2D eigenvalue weighted by Crippen LogP contribution is -2.36. The van der Waals surface area contributed by atoms with E-state index in [9.17, 15) is 10.5 Å². The Kier molecular flexibility index (Phi) is 7.67. The third-order valence-corrected chi connectivity index (χ3v) is 4.20. The van der Waals surface area contributed by atoms with Crippen LogP contribution in [-0.4, -0.2) is 48.6 Å². The molecule has 0 radical (unpaired) electrons. The lowest BCUT2D eigenvalue weighted by molar-refractivity contribution is 0.0585. The van der Waals surface area contributed by atoms with Gasteiger partial charge in [0.15, 0.2) is 5.57 Å². The number of hydrogen-bond donors (Lipinski definition) is 0. The second-order valence-corrected chi connectivity index (χ2v) is 6.55. The predicted octanol–water partition coefficient (Wildman–Crippen LogP) is 2.69. The largest absolute Gasteiger partial charge is 0.383 e. The summed E-state index contributed by atoms with van der Waals surface area (Å²) in [5.74, 6) is 0.369. The summed E-state index contributed by atoms with van der Waals surface area (Å²) in [4.78, 5) is 8.28. The molecule has 0 bridgehead atoms. The minimum Gasteiger partial charge on any atom is -0.383 e. The highest BCUT2D eigenvalue weighted by atomic mass is 16.5. The van der Waals surface area contributed by atoms with Crippen molar-refractivity contribution in [3.05, 3.63) is 53.6 Å². The van der Waals surface area contributed by atoms with Gasteiger partial charge in [-0.2, -0.15) is 10.5 Å². The normalized spacial score (nSPS) is 16.8. The highest BCUT2D eigenvalue weighted by Crippen LogP contribution is 2.23. The molecule has 0 spiro atoms. The van der Waals surface area contributed by atoms with Crippen molar-refractivity contribution in [3.8, 4) is 12.1 Å². The number of aromatic nitrogens is 1. The molecular formula is C20H25N5O. The Labute approximate surface area is 155 Å². The zero-order valence-corrected chi connectivity index (χ0v) is 15.4. The third kappa shape index (κ3) is 5.91. The Morgan fingerprint density at radius 3 is 2.85 bits per heavy atom. The average molecular weight is 351 g/mol. The number of hydrogen-bond acceptors (Lipinski definition) is 6. The first-order valence-electron chi connectivity index (χ1n) is 8.75. The standard InChI is InChI=1S/C20H25N5O/c1-24(2)11-8-20(18(12-21)13-22)25-10-5-6-17(14-25)15-26-16-19-7-3-4-9-23-19/h3-4,7-9,11,17H,5-6,10,14-16H2,1-2H3/b11-8+/t17-/m0/s1. The minimum absolute atomic E-state index is 0.151. The molecule has 0 amide bonds. The van der Waals surface area contributed by atoms with Crippen molar-refractivity contribution in [1.29, 1.82) is 10.5 Å². The molecule has 2 rings (SSSR count). The van der Waals surface area contributed by atoms with Gasteiger partial charge < -0.3 is 14.5 Å². The summed E-state index contributed by atoms with van der Waals surface area (Å²) in [6, 6.07) is 9.83. The van der Waals surface area contributed by atoms with Crippen LogP contribution < -0.4 is 0 Å². The smallest absolute Gasteiger partial charge is 0.152 e. The van der Waals surface area contributed by atoms with Crippen LogP contribution in [-0.2, 0) is 11.3 Å². The minimum atomic E-state index is 0.151. The quantitative estimate of drug-likeness (QED) is 0.555. The fraction of sp³-hybridized carbons (Fsp3) is 0.450. The van der Waals surface area contributed by atoms with E-state index < -0.39 is 0 Å². The van der Waals surface area contributed by atoms with Gasteiger partial charge in [0.1, 0.15) is 12.1 Å². The highest BCUT2D eigenvalue weighted by Gasteiger charge is 2.23. The van der Waals surface area contributed by atoms with Crippen LogP contribution in [0.1, 0.15) is 18.5 Å². The summed E-state index contributed by atoms with van der Waals surface area (Å²) in [5.41, 5.74) is 1.77. The van der Waals surface area contributed by atoms with Crippen LogP contribution >= 0.6 is 0 Å². The van der Waals surface area contributed by atoms with Crippen molar-refractivity contribution >= 4 is 0 Å². The average Bonchev–Trinajstić information content (AvgIpc) is 2.66. The van der Waals surface area contributed by atoms with E-state index in [1.165, 1.54) is 0 Å². The van der Waals surface area contributed by atoms with Gasteiger partial charge in [0.25, 0.3) is 0 Å². The van der Waals surface area contributed by atoms with Crippen molar-refractivity contribution in [2.75, 3.05) is 33.8 Å². The summed E-state index contributed by atoms with van der Waals surface area (Å²) in [6.07, 6.45) is 7.57. The van der Waals surface area contributed by atoms with Crippen LogP contribution in [0.25, 0.3) is 0 Å². The molecule has 1 aliphatic rings. The zero-order chi connectivity index (χ0) is 18.8. The van der Waals surface area contributed by atoms with Crippen LogP contribution in [0, 0.1) is 28.6 Å². The molecule has 26 heavy (non-hydrogen) atoms. The van der Waals surface area contributed by atoms with E-state index in [2.05, 4.69) is 9.88 Å². The molecule has 6 nitrogen and oxygen atoms in total. The Hall–Kier alpha value is -2.83. The number of ether oxygens (including phenoxy) is 1. The molecule has 136 valence electrons. The van der Waals surface area contributed by atoms with Crippen LogP contribution in [0.3, 0.4) is 0 Å². The maximum absolute atomic E-state index is 9.29. The Balaban J connectivity index is 1.99. The molecule has 0 aromatic carbocycles. The molecule has 1 aliphatic heterocycles. The lowest BCUT2D eigenvalue weighted by atomic mass is 9.97. The number of rotatable bonds is 7. The Morgan fingerprint density at radius 2 is 2.19 bits per heavy atom. The molecule has 1 aromatic rings. The van der Waals surface area contributed by atoms with Gasteiger partial charge in [0.05, 0.1) is 24.6 Å². The van der Waals surface area contributed by atoms with E-state index in [4.69, 9.17) is 4.74 Å². The maximum atomic E-state index is 9.29. The molecular weight excluding hydrogens is 326 g/mol. The first-order chi connectivity index (χ1) is 12.6. The molecule has 6 heteroatoms. The summed E-state index contributed by atoms with van der Waals surface area (Å²) >= 11 is 0. The number of nitrogens with zero attached hydrogens (tertiary/aromatic N) is 5. The van der Waals surface area contributed by atoms with E-state index >= 15 is 0 Å². The first kappa shape index (κ1) is 19.5.